The van der Waals surface area contributed by atoms with Crippen molar-refractivity contribution < 1.29 is 17.9 Å². The Kier molecular flexibility index (Phi) is 4.12. The summed E-state index contributed by atoms with van der Waals surface area (Å²) in [7, 11) is -4.01. The third-order valence-electron chi connectivity index (χ3n) is 1.55. The van der Waals surface area contributed by atoms with E-state index < -0.39 is 21.9 Å². The number of hydrogen-bond acceptors (Lipinski definition) is 5. The minimum absolute atomic E-state index is 0.293. The Labute approximate surface area is 106 Å². The summed E-state index contributed by atoms with van der Waals surface area (Å²) < 4.78 is 31.8. The van der Waals surface area contributed by atoms with Crippen LogP contribution in [0.5, 0.6) is 0 Å². The van der Waals surface area contributed by atoms with Crippen molar-refractivity contribution in [1.29, 1.82) is 0 Å². The van der Waals surface area contributed by atoms with Gasteiger partial charge in [0.15, 0.2) is 0 Å². The highest BCUT2D eigenvalue weighted by Gasteiger charge is 2.21. The number of nitrogens with zero attached hydrogens (tertiary/aromatic N) is 1. The largest absolute Gasteiger partial charge is 0.443 e. The van der Waals surface area contributed by atoms with Gasteiger partial charge >= 0.3 is 16.3 Å². The second kappa shape index (κ2) is 5.21. The fourth-order valence-electron chi connectivity index (χ4n) is 1.01. The van der Waals surface area contributed by atoms with Gasteiger partial charge in [-0.3, -0.25) is 9.71 Å². The zero-order chi connectivity index (χ0) is 13.8. The monoisotopic (exact) mass is 273 g/mol. The Morgan fingerprint density at radius 2 is 1.83 bits per heavy atom. The van der Waals surface area contributed by atoms with Gasteiger partial charge in [0.1, 0.15) is 5.60 Å². The van der Waals surface area contributed by atoms with Crippen molar-refractivity contribution in [3.05, 3.63) is 24.5 Å². The summed E-state index contributed by atoms with van der Waals surface area (Å²) >= 11 is 0. The van der Waals surface area contributed by atoms with Crippen LogP contribution in [0.15, 0.2) is 24.5 Å². The molecule has 1 rings (SSSR count). The molecule has 1 heterocycles. The van der Waals surface area contributed by atoms with Crippen LogP contribution in [0.25, 0.3) is 0 Å². The molecule has 0 bridgehead atoms. The summed E-state index contributed by atoms with van der Waals surface area (Å²) in [6.07, 6.45) is 1.81. The topological polar surface area (TPSA) is 97.4 Å². The molecule has 0 atom stereocenters. The van der Waals surface area contributed by atoms with Crippen LogP contribution in [0.3, 0.4) is 0 Å². The standard InChI is InChI=1S/C10H15N3O4S/c1-10(2,3)17-9(14)13-18(15,16)12-8-4-6-11-7-5-8/h4-7H,1-3H3,(H,11,12)(H,13,14). The third kappa shape index (κ3) is 5.48. The van der Waals surface area contributed by atoms with Crippen LogP contribution in [0.1, 0.15) is 20.8 Å². The highest BCUT2D eigenvalue weighted by atomic mass is 32.2. The lowest BCUT2D eigenvalue weighted by Crippen LogP contribution is -2.39. The molecule has 0 aliphatic rings. The summed E-state index contributed by atoms with van der Waals surface area (Å²) in [6.45, 7) is 4.90. The van der Waals surface area contributed by atoms with Crippen molar-refractivity contribution in [3.8, 4) is 0 Å². The van der Waals surface area contributed by atoms with Gasteiger partial charge in [-0.05, 0) is 32.9 Å². The molecule has 0 saturated heterocycles. The number of nitrogens with one attached hydrogen (secondary N) is 2. The highest BCUT2D eigenvalue weighted by Crippen LogP contribution is 2.08. The summed E-state index contributed by atoms with van der Waals surface area (Å²) in [5.41, 5.74) is -0.475. The fourth-order valence-corrected chi connectivity index (χ4v) is 1.77. The van der Waals surface area contributed by atoms with Crippen LogP contribution in [0.2, 0.25) is 0 Å². The lowest BCUT2D eigenvalue weighted by molar-refractivity contribution is 0.0570. The molecule has 2 N–H and O–H groups in total. The summed E-state index contributed by atoms with van der Waals surface area (Å²) in [5, 5.41) is 0. The first-order valence-electron chi connectivity index (χ1n) is 5.11. The van der Waals surface area contributed by atoms with Gasteiger partial charge in [0, 0.05) is 12.4 Å². The Morgan fingerprint density at radius 1 is 1.28 bits per heavy atom. The second-order valence-electron chi connectivity index (χ2n) is 4.45. The number of amides is 1. The summed E-state index contributed by atoms with van der Waals surface area (Å²) in [5.74, 6) is 0. The Morgan fingerprint density at radius 3 is 2.33 bits per heavy atom. The molecule has 0 unspecified atom stereocenters. The number of anilines is 1. The minimum atomic E-state index is -4.01. The second-order valence-corrected chi connectivity index (χ2v) is 5.86. The molecule has 8 heteroatoms. The van der Waals surface area contributed by atoms with Crippen molar-refractivity contribution in [3.63, 3.8) is 0 Å². The van der Waals surface area contributed by atoms with Gasteiger partial charge in [0.05, 0.1) is 5.69 Å². The van der Waals surface area contributed by atoms with Gasteiger partial charge in [-0.1, -0.05) is 0 Å². The molecule has 1 amide bonds. The van der Waals surface area contributed by atoms with Crippen LogP contribution in [0.4, 0.5) is 10.5 Å². The normalized spacial score (nSPS) is 11.7. The molecular weight excluding hydrogens is 258 g/mol. The van der Waals surface area contributed by atoms with E-state index in [9.17, 15) is 13.2 Å². The molecule has 1 aromatic rings. The predicted molar refractivity (Wildman–Crippen MR) is 66.1 cm³/mol. The molecule has 0 fully saturated rings. The van der Waals surface area contributed by atoms with Crippen molar-refractivity contribution in [2.24, 2.45) is 0 Å². The maximum atomic E-state index is 11.6. The molecule has 7 nitrogen and oxygen atoms in total. The van der Waals surface area contributed by atoms with Crippen molar-refractivity contribution in [1.82, 2.24) is 9.71 Å². The fraction of sp³-hybridized carbons (Fsp3) is 0.400. The zero-order valence-electron chi connectivity index (χ0n) is 10.3. The van der Waals surface area contributed by atoms with Crippen molar-refractivity contribution >= 4 is 22.0 Å². The maximum absolute atomic E-state index is 11.6. The number of aromatic nitrogens is 1. The van der Waals surface area contributed by atoms with E-state index in [1.807, 2.05) is 0 Å². The molecule has 0 spiro atoms. The van der Waals surface area contributed by atoms with Crippen LogP contribution in [0, 0.1) is 0 Å². The number of hydrogen-bond donors (Lipinski definition) is 2. The lowest BCUT2D eigenvalue weighted by atomic mass is 10.2. The van der Waals surface area contributed by atoms with Crippen molar-refractivity contribution in [2.45, 2.75) is 26.4 Å². The van der Waals surface area contributed by atoms with Gasteiger partial charge in [0.25, 0.3) is 0 Å². The lowest BCUT2D eigenvalue weighted by Gasteiger charge is -2.19. The molecule has 0 saturated carbocycles. The van der Waals surface area contributed by atoms with Crippen molar-refractivity contribution in [2.75, 3.05) is 4.72 Å². The molecule has 0 aliphatic carbocycles. The van der Waals surface area contributed by atoms with Gasteiger partial charge in [0.2, 0.25) is 0 Å². The van der Waals surface area contributed by atoms with Crippen LogP contribution in [-0.2, 0) is 14.9 Å². The third-order valence-corrected chi connectivity index (χ3v) is 2.49. The Hall–Kier alpha value is -1.83. The van der Waals surface area contributed by atoms with Gasteiger partial charge in [-0.2, -0.15) is 8.42 Å². The summed E-state index contributed by atoms with van der Waals surface area (Å²) in [4.78, 5) is 15.0. The first-order valence-corrected chi connectivity index (χ1v) is 6.60. The van der Waals surface area contributed by atoms with Gasteiger partial charge < -0.3 is 4.74 Å². The van der Waals surface area contributed by atoms with Gasteiger partial charge in [-0.15, -0.1) is 0 Å². The maximum Gasteiger partial charge on any atom is 0.422 e. The summed E-state index contributed by atoms with van der Waals surface area (Å²) in [6, 6.07) is 2.91. The first-order chi connectivity index (χ1) is 8.18. The molecule has 18 heavy (non-hydrogen) atoms. The average molecular weight is 273 g/mol. The van der Waals surface area contributed by atoms with E-state index in [-0.39, 0.29) is 0 Å². The molecule has 1 aromatic heterocycles. The van der Waals surface area contributed by atoms with E-state index in [0.29, 0.717) is 5.69 Å². The molecule has 0 radical (unpaired) electrons. The number of rotatable bonds is 3. The average Bonchev–Trinajstić information content (AvgIpc) is 2.13. The van der Waals surface area contributed by atoms with Crippen LogP contribution >= 0.6 is 0 Å². The number of carbonyl (C=O) groups excluding carboxylic acids is 1. The number of carbonyl (C=O) groups is 1. The zero-order valence-corrected chi connectivity index (χ0v) is 11.1. The smallest absolute Gasteiger partial charge is 0.422 e. The Bertz CT molecular complexity index is 508. The molecule has 0 aliphatic heterocycles. The molecular formula is C10H15N3O4S. The van der Waals surface area contributed by atoms with E-state index in [1.165, 1.54) is 24.5 Å². The molecule has 0 aromatic carbocycles. The van der Waals surface area contributed by atoms with Gasteiger partial charge in [-0.25, -0.2) is 9.52 Å². The number of pyridine rings is 1. The minimum Gasteiger partial charge on any atom is -0.443 e. The first kappa shape index (κ1) is 14.2. The highest BCUT2D eigenvalue weighted by molar-refractivity contribution is 7.91. The van der Waals surface area contributed by atoms with E-state index >= 15 is 0 Å². The van der Waals surface area contributed by atoms with E-state index in [2.05, 4.69) is 9.71 Å². The van der Waals surface area contributed by atoms with E-state index in [4.69, 9.17) is 4.74 Å². The quantitative estimate of drug-likeness (QED) is 0.864. The number of ether oxygens (including phenoxy) is 1. The van der Waals surface area contributed by atoms with E-state index in [1.54, 1.807) is 25.5 Å². The van der Waals surface area contributed by atoms with Crippen LogP contribution < -0.4 is 9.44 Å². The Balaban J connectivity index is 2.63. The molecule has 100 valence electrons. The van der Waals surface area contributed by atoms with Crippen LogP contribution in [-0.4, -0.2) is 25.1 Å². The van der Waals surface area contributed by atoms with E-state index in [0.717, 1.165) is 0 Å². The SMILES string of the molecule is CC(C)(C)OC(=O)NS(=O)(=O)Nc1ccncc1. The predicted octanol–water partition coefficient (Wildman–Crippen LogP) is 1.26.